The van der Waals surface area contributed by atoms with Crippen LogP contribution in [0.1, 0.15) is 20.3 Å². The van der Waals surface area contributed by atoms with Gasteiger partial charge in [0.2, 0.25) is 5.91 Å². The van der Waals surface area contributed by atoms with Crippen molar-refractivity contribution < 1.29 is 22.8 Å². The van der Waals surface area contributed by atoms with Gasteiger partial charge in [-0.1, -0.05) is 13.8 Å². The van der Waals surface area contributed by atoms with Crippen LogP contribution in [0.5, 0.6) is 0 Å². The molecule has 0 bridgehead atoms. The smallest absolute Gasteiger partial charge is 0.332 e. The highest BCUT2D eigenvalue weighted by Crippen LogP contribution is 2.27. The third kappa shape index (κ3) is 3.21. The Morgan fingerprint density at radius 3 is 2.44 bits per heavy atom. The molecule has 16 heavy (non-hydrogen) atoms. The van der Waals surface area contributed by atoms with Gasteiger partial charge in [-0.15, -0.1) is 0 Å². The van der Waals surface area contributed by atoms with Crippen LogP contribution in [-0.2, 0) is 9.59 Å². The average molecular weight is 237 g/mol. The monoisotopic (exact) mass is 237 g/mol. The van der Waals surface area contributed by atoms with E-state index in [-0.39, 0.29) is 24.7 Å². The summed E-state index contributed by atoms with van der Waals surface area (Å²) in [5.41, 5.74) is 0. The Hall–Kier alpha value is -1.07. The maximum absolute atomic E-state index is 12.0. The molecular weight excluding hydrogens is 223 g/mol. The second-order valence-corrected chi connectivity index (χ2v) is 4.36. The molecule has 0 aromatic heterocycles. The number of hydrogen-bond donors (Lipinski definition) is 0. The fourth-order valence-corrected chi connectivity index (χ4v) is 1.57. The summed E-state index contributed by atoms with van der Waals surface area (Å²) < 4.78 is 35.9. The summed E-state index contributed by atoms with van der Waals surface area (Å²) in [5.74, 6) is -1.36. The number of β-lactam (4-membered cyclic amide) rings is 1. The van der Waals surface area contributed by atoms with E-state index in [1.54, 1.807) is 13.8 Å². The number of rotatable bonds is 4. The molecular formula is C10H14F3NO2. The molecule has 1 aliphatic heterocycles. The first-order chi connectivity index (χ1) is 7.20. The first-order valence-electron chi connectivity index (χ1n) is 5.09. The minimum Gasteiger partial charge on any atom is -0.332 e. The maximum Gasteiger partial charge on any atom is 0.406 e. The number of amides is 1. The highest BCUT2D eigenvalue weighted by atomic mass is 19.4. The number of Topliss-reactive ketones (excluding diaryl/α,β-unsaturated/α-hetero) is 1. The van der Waals surface area contributed by atoms with Crippen molar-refractivity contribution in [3.05, 3.63) is 0 Å². The number of nitrogens with zero attached hydrogens (tertiary/aromatic N) is 1. The van der Waals surface area contributed by atoms with E-state index >= 15 is 0 Å². The molecule has 0 saturated carbocycles. The van der Waals surface area contributed by atoms with Crippen LogP contribution >= 0.6 is 0 Å². The standard InChI is InChI=1S/C10H14F3NO2/c1-6(2)8(15)3-7-4-14(9(7)16)5-10(11,12)13/h6-7H,3-5H2,1-2H3/t7-/m0/s1. The predicted octanol–water partition coefficient (Wildman–Crippen LogP) is 1.62. The molecule has 1 aliphatic rings. The van der Waals surface area contributed by atoms with Crippen LogP contribution in [0.15, 0.2) is 0 Å². The summed E-state index contributed by atoms with van der Waals surface area (Å²) >= 11 is 0. The van der Waals surface area contributed by atoms with Crippen LogP contribution in [0.3, 0.4) is 0 Å². The normalized spacial score (nSPS) is 21.2. The van der Waals surface area contributed by atoms with Gasteiger partial charge in [-0.25, -0.2) is 0 Å². The zero-order valence-electron chi connectivity index (χ0n) is 9.17. The molecule has 0 spiro atoms. The minimum atomic E-state index is -4.36. The summed E-state index contributed by atoms with van der Waals surface area (Å²) in [7, 11) is 0. The average Bonchev–Trinajstić information content (AvgIpc) is 2.13. The van der Waals surface area contributed by atoms with E-state index in [0.717, 1.165) is 4.90 Å². The van der Waals surface area contributed by atoms with Crippen molar-refractivity contribution in [3.63, 3.8) is 0 Å². The molecule has 92 valence electrons. The fraction of sp³-hybridized carbons (Fsp3) is 0.800. The molecule has 1 heterocycles. The Balaban J connectivity index is 2.38. The van der Waals surface area contributed by atoms with Gasteiger partial charge in [0.1, 0.15) is 12.3 Å². The van der Waals surface area contributed by atoms with E-state index < -0.39 is 24.5 Å². The van der Waals surface area contributed by atoms with Gasteiger partial charge in [-0.2, -0.15) is 13.2 Å². The zero-order valence-corrected chi connectivity index (χ0v) is 9.17. The first kappa shape index (κ1) is 13.0. The highest BCUT2D eigenvalue weighted by molar-refractivity contribution is 5.91. The Bertz CT molecular complexity index is 299. The highest BCUT2D eigenvalue weighted by Gasteiger charge is 2.43. The molecule has 0 aromatic rings. The summed E-state index contributed by atoms with van der Waals surface area (Å²) in [6, 6.07) is 0. The predicted molar refractivity (Wildman–Crippen MR) is 50.6 cm³/mol. The molecule has 1 rings (SSSR count). The van der Waals surface area contributed by atoms with Crippen LogP contribution in [0.2, 0.25) is 0 Å². The third-order valence-electron chi connectivity index (χ3n) is 2.56. The molecule has 0 unspecified atom stereocenters. The lowest BCUT2D eigenvalue weighted by Gasteiger charge is -2.38. The molecule has 0 radical (unpaired) electrons. The van der Waals surface area contributed by atoms with Gasteiger partial charge in [0.25, 0.3) is 0 Å². The number of carbonyl (C=O) groups is 2. The van der Waals surface area contributed by atoms with Crippen molar-refractivity contribution in [2.24, 2.45) is 11.8 Å². The largest absolute Gasteiger partial charge is 0.406 e. The van der Waals surface area contributed by atoms with E-state index in [1.807, 2.05) is 0 Å². The summed E-state index contributed by atoms with van der Waals surface area (Å²) in [5, 5.41) is 0. The molecule has 3 nitrogen and oxygen atoms in total. The van der Waals surface area contributed by atoms with Crippen molar-refractivity contribution in [1.29, 1.82) is 0 Å². The molecule has 0 aliphatic carbocycles. The maximum atomic E-state index is 12.0. The van der Waals surface area contributed by atoms with Crippen LogP contribution in [0.25, 0.3) is 0 Å². The van der Waals surface area contributed by atoms with Crippen molar-refractivity contribution in [2.75, 3.05) is 13.1 Å². The fourth-order valence-electron chi connectivity index (χ4n) is 1.57. The van der Waals surface area contributed by atoms with Gasteiger partial charge in [-0.3, -0.25) is 9.59 Å². The summed E-state index contributed by atoms with van der Waals surface area (Å²) in [4.78, 5) is 23.3. The van der Waals surface area contributed by atoms with Crippen molar-refractivity contribution in [1.82, 2.24) is 4.90 Å². The van der Waals surface area contributed by atoms with Gasteiger partial charge >= 0.3 is 6.18 Å². The lowest BCUT2D eigenvalue weighted by molar-refractivity contribution is -0.178. The van der Waals surface area contributed by atoms with Gasteiger partial charge in [0, 0.05) is 18.9 Å². The van der Waals surface area contributed by atoms with Crippen molar-refractivity contribution >= 4 is 11.7 Å². The van der Waals surface area contributed by atoms with Crippen LogP contribution in [-0.4, -0.2) is 35.9 Å². The number of hydrogen-bond acceptors (Lipinski definition) is 2. The minimum absolute atomic E-state index is 0.0385. The Morgan fingerprint density at radius 2 is 2.06 bits per heavy atom. The molecule has 0 aromatic carbocycles. The first-order valence-corrected chi connectivity index (χ1v) is 5.09. The number of halogens is 3. The molecule has 1 saturated heterocycles. The van der Waals surface area contributed by atoms with E-state index in [2.05, 4.69) is 0 Å². The van der Waals surface area contributed by atoms with E-state index in [4.69, 9.17) is 0 Å². The van der Waals surface area contributed by atoms with Crippen molar-refractivity contribution in [2.45, 2.75) is 26.4 Å². The third-order valence-corrected chi connectivity index (χ3v) is 2.56. The van der Waals surface area contributed by atoms with Gasteiger partial charge < -0.3 is 4.90 Å². The number of alkyl halides is 3. The molecule has 1 amide bonds. The number of carbonyl (C=O) groups excluding carboxylic acids is 2. The summed E-state index contributed by atoms with van der Waals surface area (Å²) in [6.45, 7) is 2.24. The van der Waals surface area contributed by atoms with Gasteiger partial charge in [0.05, 0.1) is 5.92 Å². The Labute approximate surface area is 91.6 Å². The molecule has 6 heteroatoms. The lowest BCUT2D eigenvalue weighted by Crippen LogP contribution is -2.56. The Kier molecular flexibility index (Phi) is 3.60. The molecule has 1 fully saturated rings. The van der Waals surface area contributed by atoms with Gasteiger partial charge in [-0.05, 0) is 0 Å². The van der Waals surface area contributed by atoms with Crippen LogP contribution in [0.4, 0.5) is 13.2 Å². The summed E-state index contributed by atoms with van der Waals surface area (Å²) in [6.07, 6.45) is -4.30. The molecule has 1 atom stereocenters. The van der Waals surface area contributed by atoms with Gasteiger partial charge in [0.15, 0.2) is 0 Å². The van der Waals surface area contributed by atoms with Crippen LogP contribution in [0, 0.1) is 11.8 Å². The van der Waals surface area contributed by atoms with E-state index in [9.17, 15) is 22.8 Å². The van der Waals surface area contributed by atoms with Crippen LogP contribution < -0.4 is 0 Å². The Morgan fingerprint density at radius 1 is 1.50 bits per heavy atom. The number of likely N-dealkylation sites (tertiary alicyclic amines) is 1. The lowest BCUT2D eigenvalue weighted by atomic mass is 9.89. The quantitative estimate of drug-likeness (QED) is 0.697. The zero-order chi connectivity index (χ0) is 12.5. The molecule has 0 N–H and O–H groups in total. The van der Waals surface area contributed by atoms with E-state index in [1.165, 1.54) is 0 Å². The SMILES string of the molecule is CC(C)C(=O)C[C@H]1CN(CC(F)(F)F)C1=O. The topological polar surface area (TPSA) is 37.4 Å². The van der Waals surface area contributed by atoms with Crippen molar-refractivity contribution in [3.8, 4) is 0 Å². The number of ketones is 1. The van der Waals surface area contributed by atoms with E-state index in [0.29, 0.717) is 0 Å². The second-order valence-electron chi connectivity index (χ2n) is 4.36. The second kappa shape index (κ2) is 4.43.